The van der Waals surface area contributed by atoms with Crippen molar-refractivity contribution in [1.82, 2.24) is 0 Å². The van der Waals surface area contributed by atoms with Crippen LogP contribution in [0.25, 0.3) is 44.5 Å². The third-order valence-electron chi connectivity index (χ3n) is 15.6. The van der Waals surface area contributed by atoms with Gasteiger partial charge in [0.05, 0.1) is 16.5 Å². The Balaban J connectivity index is 0.872. The first kappa shape index (κ1) is 39.8. The van der Waals surface area contributed by atoms with Gasteiger partial charge < -0.3 is 14.4 Å². The molecule has 1 aliphatic heterocycles. The SMILES string of the molecule is c1ccc(N(c2ccc(-c3cccc4c3-c3ccccc3C4(c3ccccc3)c3ccccc3)cc2)c2cccc3c2Oc2c(ccc4c2-c2ccccc2C42c4ccccc4-c4ccccc42)O3)cc1. The highest BCUT2D eigenvalue weighted by atomic mass is 16.6. The molecule has 0 aromatic heterocycles. The summed E-state index contributed by atoms with van der Waals surface area (Å²) in [5, 5.41) is 0. The van der Waals surface area contributed by atoms with Gasteiger partial charge in [-0.25, -0.2) is 0 Å². The lowest BCUT2D eigenvalue weighted by Crippen LogP contribution is -2.28. The third kappa shape index (κ3) is 5.38. The molecule has 1 spiro atoms. The number of ether oxygens (including phenoxy) is 2. The average molecular weight is 906 g/mol. The van der Waals surface area contributed by atoms with Gasteiger partial charge in [0.25, 0.3) is 0 Å². The first-order chi connectivity index (χ1) is 35.2. The molecule has 332 valence electrons. The van der Waals surface area contributed by atoms with Gasteiger partial charge in [-0.15, -0.1) is 0 Å². The molecule has 11 aromatic carbocycles. The monoisotopic (exact) mass is 905 g/mol. The lowest BCUT2D eigenvalue weighted by molar-refractivity contribution is 0.361. The summed E-state index contributed by atoms with van der Waals surface area (Å²) in [5.41, 5.74) is 21.7. The quantitative estimate of drug-likeness (QED) is 0.166. The van der Waals surface area contributed by atoms with Gasteiger partial charge in [0.15, 0.2) is 23.0 Å². The van der Waals surface area contributed by atoms with Crippen LogP contribution in [0.5, 0.6) is 23.0 Å². The van der Waals surface area contributed by atoms with Gasteiger partial charge >= 0.3 is 0 Å². The van der Waals surface area contributed by atoms with Crippen LogP contribution in [-0.2, 0) is 10.8 Å². The summed E-state index contributed by atoms with van der Waals surface area (Å²) in [6.07, 6.45) is 0. The zero-order valence-electron chi connectivity index (χ0n) is 38.6. The Labute approximate surface area is 413 Å². The van der Waals surface area contributed by atoms with Crippen molar-refractivity contribution in [3.05, 3.63) is 305 Å². The lowest BCUT2D eigenvalue weighted by atomic mass is 9.67. The van der Waals surface area contributed by atoms with Crippen LogP contribution in [0.1, 0.15) is 44.5 Å². The third-order valence-corrected chi connectivity index (χ3v) is 15.6. The number of benzene rings is 11. The summed E-state index contributed by atoms with van der Waals surface area (Å²) in [4.78, 5) is 2.29. The maximum absolute atomic E-state index is 7.41. The number of hydrogen-bond donors (Lipinski definition) is 0. The maximum Gasteiger partial charge on any atom is 0.194 e. The molecule has 4 aliphatic rings. The fourth-order valence-electron chi connectivity index (χ4n) is 12.9. The van der Waals surface area contributed by atoms with Gasteiger partial charge in [-0.1, -0.05) is 218 Å². The molecule has 1 heterocycles. The molecule has 0 N–H and O–H groups in total. The fourth-order valence-corrected chi connectivity index (χ4v) is 12.9. The minimum atomic E-state index is -0.499. The molecule has 0 amide bonds. The Hall–Kier alpha value is -9.18. The van der Waals surface area contributed by atoms with Crippen LogP contribution in [0.15, 0.2) is 261 Å². The number of anilines is 3. The molecular formula is C68H43NO2. The largest absolute Gasteiger partial charge is 0.449 e. The topological polar surface area (TPSA) is 21.7 Å². The number of hydrogen-bond acceptors (Lipinski definition) is 3. The number of rotatable bonds is 6. The standard InChI is InChI=1S/C68H43NO2/c1-4-20-45(21-5-1)67(46-22-6-2-7-23-46)56-33-16-12-28-52(56)63-49(30-18-35-58(63)67)44-38-40-48(41-39-44)69(47-24-8-3-9-25-47)60-36-19-37-61-65(60)71-66-62(70-61)43-42-59-64(66)53-29-13-17-34-57(53)68(59)54-31-14-10-26-50(54)51-27-11-15-32-55(51)68/h1-43H. The Morgan fingerprint density at radius 2 is 0.718 bits per heavy atom. The molecule has 0 radical (unpaired) electrons. The molecule has 0 fully saturated rings. The molecule has 0 atom stereocenters. The summed E-state index contributed by atoms with van der Waals surface area (Å²) in [6.45, 7) is 0. The zero-order valence-corrected chi connectivity index (χ0v) is 38.6. The van der Waals surface area contributed by atoms with Gasteiger partial charge in [0.1, 0.15) is 0 Å². The Bertz CT molecular complexity index is 3850. The summed E-state index contributed by atoms with van der Waals surface area (Å²) in [6, 6.07) is 94.7. The van der Waals surface area contributed by atoms with Crippen LogP contribution in [0.3, 0.4) is 0 Å². The van der Waals surface area contributed by atoms with Crippen molar-refractivity contribution in [1.29, 1.82) is 0 Å². The van der Waals surface area contributed by atoms with Crippen molar-refractivity contribution in [2.45, 2.75) is 10.8 Å². The van der Waals surface area contributed by atoms with E-state index in [2.05, 4.69) is 260 Å². The Morgan fingerprint density at radius 3 is 1.35 bits per heavy atom. The Morgan fingerprint density at radius 1 is 0.268 bits per heavy atom. The minimum Gasteiger partial charge on any atom is -0.449 e. The minimum absolute atomic E-state index is 0.476. The van der Waals surface area contributed by atoms with E-state index in [-0.39, 0.29) is 0 Å². The van der Waals surface area contributed by atoms with E-state index >= 15 is 0 Å². The molecule has 71 heavy (non-hydrogen) atoms. The number of para-hydroxylation sites is 2. The van der Waals surface area contributed by atoms with Gasteiger partial charge in [-0.2, -0.15) is 0 Å². The van der Waals surface area contributed by atoms with Crippen LogP contribution in [-0.4, -0.2) is 0 Å². The molecule has 0 saturated carbocycles. The van der Waals surface area contributed by atoms with Crippen LogP contribution in [0, 0.1) is 0 Å². The first-order valence-electron chi connectivity index (χ1n) is 24.5. The smallest absolute Gasteiger partial charge is 0.194 e. The Kier molecular flexibility index (Phi) is 8.49. The van der Waals surface area contributed by atoms with Crippen molar-refractivity contribution >= 4 is 17.1 Å². The van der Waals surface area contributed by atoms with E-state index in [0.717, 1.165) is 39.5 Å². The fraction of sp³-hybridized carbons (Fsp3) is 0.0294. The summed E-state index contributed by atoms with van der Waals surface area (Å²) in [7, 11) is 0. The van der Waals surface area contributed by atoms with Crippen LogP contribution in [0.4, 0.5) is 17.1 Å². The van der Waals surface area contributed by atoms with Crippen molar-refractivity contribution in [2.24, 2.45) is 0 Å². The highest BCUT2D eigenvalue weighted by Crippen LogP contribution is 2.67. The molecule has 0 unspecified atom stereocenters. The summed E-state index contributed by atoms with van der Waals surface area (Å²) in [5.74, 6) is 2.78. The van der Waals surface area contributed by atoms with Gasteiger partial charge in [-0.3, -0.25) is 0 Å². The van der Waals surface area contributed by atoms with Gasteiger partial charge in [0.2, 0.25) is 0 Å². The van der Waals surface area contributed by atoms with E-state index in [9.17, 15) is 0 Å². The van der Waals surface area contributed by atoms with Crippen LogP contribution < -0.4 is 14.4 Å². The van der Waals surface area contributed by atoms with E-state index in [0.29, 0.717) is 17.2 Å². The van der Waals surface area contributed by atoms with Crippen molar-refractivity contribution in [3.8, 4) is 67.5 Å². The van der Waals surface area contributed by atoms with E-state index in [1.807, 2.05) is 6.07 Å². The highest BCUT2D eigenvalue weighted by Gasteiger charge is 2.53. The predicted molar refractivity (Wildman–Crippen MR) is 287 cm³/mol. The molecule has 3 nitrogen and oxygen atoms in total. The second kappa shape index (κ2) is 15.2. The summed E-state index contributed by atoms with van der Waals surface area (Å²) >= 11 is 0. The lowest BCUT2D eigenvalue weighted by Gasteiger charge is -2.34. The molecule has 0 saturated heterocycles. The molecule has 3 aliphatic carbocycles. The molecule has 11 aromatic rings. The van der Waals surface area contributed by atoms with Crippen LogP contribution >= 0.6 is 0 Å². The number of nitrogens with zero attached hydrogens (tertiary/aromatic N) is 1. The zero-order chi connectivity index (χ0) is 46.7. The normalized spacial score (nSPS) is 14.1. The van der Waals surface area contributed by atoms with Crippen molar-refractivity contribution in [2.75, 3.05) is 4.90 Å². The van der Waals surface area contributed by atoms with Crippen molar-refractivity contribution < 1.29 is 9.47 Å². The molecular weight excluding hydrogens is 863 g/mol. The highest BCUT2D eigenvalue weighted by molar-refractivity contribution is 5.99. The average Bonchev–Trinajstić information content (AvgIpc) is 4.04. The van der Waals surface area contributed by atoms with E-state index in [1.165, 1.54) is 72.3 Å². The van der Waals surface area contributed by atoms with Gasteiger partial charge in [-0.05, 0) is 126 Å². The first-order valence-corrected chi connectivity index (χ1v) is 24.5. The molecule has 3 heteroatoms. The van der Waals surface area contributed by atoms with Crippen molar-refractivity contribution in [3.63, 3.8) is 0 Å². The van der Waals surface area contributed by atoms with Crippen LogP contribution in [0.2, 0.25) is 0 Å². The second-order valence-electron chi connectivity index (χ2n) is 19.0. The molecule has 0 bridgehead atoms. The van der Waals surface area contributed by atoms with Gasteiger partial charge in [0, 0.05) is 16.9 Å². The maximum atomic E-state index is 7.41. The van der Waals surface area contributed by atoms with E-state index in [1.54, 1.807) is 0 Å². The van der Waals surface area contributed by atoms with E-state index < -0.39 is 10.8 Å². The predicted octanol–water partition coefficient (Wildman–Crippen LogP) is 17.4. The van der Waals surface area contributed by atoms with E-state index in [4.69, 9.17) is 9.47 Å². The summed E-state index contributed by atoms with van der Waals surface area (Å²) < 4.78 is 14.4. The second-order valence-corrected chi connectivity index (χ2v) is 19.0. The number of fused-ring (bicyclic) bond motifs is 16. The molecule has 15 rings (SSSR count).